The Kier molecular flexibility index (Phi) is 4.53. The van der Waals surface area contributed by atoms with Crippen LogP contribution in [0.3, 0.4) is 0 Å². The zero-order chi connectivity index (χ0) is 18.1. The number of para-hydroxylation sites is 1. The number of rotatable bonds is 4. The second-order valence-electron chi connectivity index (χ2n) is 5.80. The average Bonchev–Trinajstić information content (AvgIpc) is 3.10. The van der Waals surface area contributed by atoms with E-state index in [4.69, 9.17) is 16.0 Å². The Morgan fingerprint density at radius 2 is 2.00 bits per heavy atom. The van der Waals surface area contributed by atoms with Gasteiger partial charge in [-0.05, 0) is 42.3 Å². The topological polar surface area (TPSA) is 60.9 Å². The third-order valence-electron chi connectivity index (χ3n) is 4.02. The minimum atomic E-state index is -0.376. The number of fused-ring (bicyclic) bond motifs is 1. The van der Waals surface area contributed by atoms with E-state index in [1.165, 1.54) is 17.8 Å². The van der Waals surface area contributed by atoms with E-state index in [2.05, 4.69) is 10.2 Å². The first-order valence-corrected chi connectivity index (χ1v) is 9.29. The van der Waals surface area contributed by atoms with Crippen LogP contribution in [0, 0.1) is 6.92 Å². The number of benzene rings is 2. The average molecular weight is 384 g/mol. The van der Waals surface area contributed by atoms with E-state index in [0.717, 1.165) is 27.4 Å². The summed E-state index contributed by atoms with van der Waals surface area (Å²) in [6.07, 6.45) is 1.68. The van der Waals surface area contributed by atoms with Gasteiger partial charge in [-0.3, -0.25) is 4.57 Å². The minimum Gasteiger partial charge on any atom is -0.423 e. The highest BCUT2D eigenvalue weighted by Crippen LogP contribution is 2.29. The Balaban J connectivity index is 1.69. The van der Waals surface area contributed by atoms with Gasteiger partial charge in [0.05, 0.1) is 0 Å². The lowest BCUT2D eigenvalue weighted by Gasteiger charge is -2.08. The molecule has 0 N–H and O–H groups in total. The Morgan fingerprint density at radius 3 is 2.81 bits per heavy atom. The first kappa shape index (κ1) is 16.9. The number of aryl methyl sites for hydroxylation is 1. The molecule has 2 aromatic heterocycles. The van der Waals surface area contributed by atoms with Crippen LogP contribution in [0.5, 0.6) is 0 Å². The van der Waals surface area contributed by atoms with Crippen molar-refractivity contribution in [3.8, 4) is 5.69 Å². The van der Waals surface area contributed by atoms with Crippen molar-refractivity contribution in [2.45, 2.75) is 17.8 Å². The van der Waals surface area contributed by atoms with Crippen molar-refractivity contribution in [2.75, 3.05) is 0 Å². The molecule has 0 fully saturated rings. The van der Waals surface area contributed by atoms with E-state index in [1.807, 2.05) is 47.9 Å². The molecule has 0 aliphatic rings. The molecular weight excluding hydrogens is 370 g/mol. The van der Waals surface area contributed by atoms with Crippen molar-refractivity contribution in [1.29, 1.82) is 0 Å². The van der Waals surface area contributed by atoms with Crippen LogP contribution in [0.25, 0.3) is 16.7 Å². The van der Waals surface area contributed by atoms with Crippen molar-refractivity contribution < 1.29 is 4.42 Å². The van der Waals surface area contributed by atoms with Crippen LogP contribution in [0.15, 0.2) is 69.2 Å². The maximum atomic E-state index is 11.9. The van der Waals surface area contributed by atoms with Crippen molar-refractivity contribution in [2.24, 2.45) is 0 Å². The van der Waals surface area contributed by atoms with Gasteiger partial charge in [0.25, 0.3) is 0 Å². The Morgan fingerprint density at radius 1 is 1.19 bits per heavy atom. The third kappa shape index (κ3) is 3.25. The fraction of sp³-hybridized carbons (Fsp3) is 0.105. The maximum Gasteiger partial charge on any atom is 0.336 e. The number of hydrogen-bond acceptors (Lipinski definition) is 5. The first-order chi connectivity index (χ1) is 12.6. The highest BCUT2D eigenvalue weighted by atomic mass is 35.5. The van der Waals surface area contributed by atoms with Gasteiger partial charge in [-0.2, -0.15) is 0 Å². The molecule has 26 heavy (non-hydrogen) atoms. The molecule has 2 aromatic carbocycles. The SMILES string of the molecule is Cc1cc2oc(=O)cc(CSc3nncn3-c3ccccc3)c2cc1Cl. The van der Waals surface area contributed by atoms with Crippen molar-refractivity contribution in [3.63, 3.8) is 0 Å². The molecule has 0 saturated carbocycles. The van der Waals surface area contributed by atoms with Gasteiger partial charge in [0, 0.05) is 27.9 Å². The molecule has 4 aromatic rings. The van der Waals surface area contributed by atoms with Gasteiger partial charge in [0.1, 0.15) is 11.9 Å². The predicted octanol–water partition coefficient (Wildman–Crippen LogP) is 4.63. The highest BCUT2D eigenvalue weighted by molar-refractivity contribution is 7.98. The molecule has 0 saturated heterocycles. The van der Waals surface area contributed by atoms with E-state index in [-0.39, 0.29) is 5.63 Å². The summed E-state index contributed by atoms with van der Waals surface area (Å²) >= 11 is 7.75. The van der Waals surface area contributed by atoms with Crippen LogP contribution in [0.1, 0.15) is 11.1 Å². The third-order valence-corrected chi connectivity index (χ3v) is 5.42. The summed E-state index contributed by atoms with van der Waals surface area (Å²) in [5, 5.41) is 10.4. The van der Waals surface area contributed by atoms with Crippen molar-refractivity contribution in [1.82, 2.24) is 14.8 Å². The van der Waals surface area contributed by atoms with Crippen LogP contribution in [-0.4, -0.2) is 14.8 Å². The summed E-state index contributed by atoms with van der Waals surface area (Å²) < 4.78 is 7.22. The molecule has 5 nitrogen and oxygen atoms in total. The lowest BCUT2D eigenvalue weighted by molar-refractivity contribution is 0.559. The van der Waals surface area contributed by atoms with Crippen LogP contribution in [-0.2, 0) is 5.75 Å². The molecule has 0 aliphatic heterocycles. The van der Waals surface area contributed by atoms with Crippen LogP contribution in [0.2, 0.25) is 5.02 Å². The monoisotopic (exact) mass is 383 g/mol. The molecule has 0 atom stereocenters. The molecule has 0 spiro atoms. The molecule has 4 rings (SSSR count). The normalized spacial score (nSPS) is 11.2. The van der Waals surface area contributed by atoms with Crippen molar-refractivity contribution >= 4 is 34.3 Å². The standard InChI is InChI=1S/C19H14ClN3O2S/c1-12-7-17-15(9-16(12)20)13(8-18(24)25-17)10-26-19-22-21-11-23(19)14-5-3-2-4-6-14/h2-9,11H,10H2,1H3. The zero-order valence-corrected chi connectivity index (χ0v) is 15.4. The fourth-order valence-electron chi connectivity index (χ4n) is 2.70. The van der Waals surface area contributed by atoms with Crippen molar-refractivity contribution in [3.05, 3.63) is 81.4 Å². The van der Waals surface area contributed by atoms with Gasteiger partial charge < -0.3 is 4.42 Å². The van der Waals surface area contributed by atoms with Crippen LogP contribution < -0.4 is 5.63 Å². The van der Waals surface area contributed by atoms with Gasteiger partial charge in [0.15, 0.2) is 5.16 Å². The zero-order valence-electron chi connectivity index (χ0n) is 13.8. The summed E-state index contributed by atoms with van der Waals surface area (Å²) in [5.74, 6) is 0.549. The Hall–Kier alpha value is -2.57. The van der Waals surface area contributed by atoms with Gasteiger partial charge in [-0.15, -0.1) is 10.2 Å². The maximum absolute atomic E-state index is 11.9. The van der Waals surface area contributed by atoms with E-state index in [1.54, 1.807) is 12.4 Å². The molecule has 0 amide bonds. The van der Waals surface area contributed by atoms with Crippen LogP contribution >= 0.6 is 23.4 Å². The van der Waals surface area contributed by atoms with E-state index in [9.17, 15) is 4.79 Å². The summed E-state index contributed by atoms with van der Waals surface area (Å²) in [4.78, 5) is 11.9. The molecule has 130 valence electrons. The predicted molar refractivity (Wildman–Crippen MR) is 103 cm³/mol. The number of nitrogens with zero attached hydrogens (tertiary/aromatic N) is 3. The first-order valence-electron chi connectivity index (χ1n) is 7.93. The highest BCUT2D eigenvalue weighted by Gasteiger charge is 2.12. The quantitative estimate of drug-likeness (QED) is 0.380. The number of aromatic nitrogens is 3. The minimum absolute atomic E-state index is 0.376. The summed E-state index contributed by atoms with van der Waals surface area (Å²) in [6, 6.07) is 15.0. The molecule has 0 aliphatic carbocycles. The molecule has 0 unspecified atom stereocenters. The molecule has 2 heterocycles. The second kappa shape index (κ2) is 6.97. The lowest BCUT2D eigenvalue weighted by atomic mass is 10.1. The molecular formula is C19H14ClN3O2S. The van der Waals surface area contributed by atoms with Gasteiger partial charge in [-0.1, -0.05) is 41.6 Å². The summed E-state index contributed by atoms with van der Waals surface area (Å²) in [5.41, 5.74) is 2.87. The largest absolute Gasteiger partial charge is 0.423 e. The number of hydrogen-bond donors (Lipinski definition) is 0. The van der Waals surface area contributed by atoms with E-state index < -0.39 is 0 Å². The molecule has 7 heteroatoms. The second-order valence-corrected chi connectivity index (χ2v) is 7.15. The smallest absolute Gasteiger partial charge is 0.336 e. The number of halogens is 1. The van der Waals surface area contributed by atoms with E-state index >= 15 is 0 Å². The van der Waals surface area contributed by atoms with Crippen LogP contribution in [0.4, 0.5) is 0 Å². The Bertz CT molecular complexity index is 1140. The van der Waals surface area contributed by atoms with Gasteiger partial charge in [0.2, 0.25) is 0 Å². The molecule has 0 bridgehead atoms. The molecule has 0 radical (unpaired) electrons. The number of thioether (sulfide) groups is 1. The van der Waals surface area contributed by atoms with Gasteiger partial charge >= 0.3 is 5.63 Å². The Labute approximate surface area is 158 Å². The van der Waals surface area contributed by atoms with E-state index in [0.29, 0.717) is 16.4 Å². The van der Waals surface area contributed by atoms with Gasteiger partial charge in [-0.25, -0.2) is 4.79 Å². The lowest BCUT2D eigenvalue weighted by Crippen LogP contribution is -2.01. The summed E-state index contributed by atoms with van der Waals surface area (Å²) in [6.45, 7) is 1.88. The fourth-order valence-corrected chi connectivity index (χ4v) is 3.78. The summed E-state index contributed by atoms with van der Waals surface area (Å²) in [7, 11) is 0.